The standard InChI is InChI=1S/C13H15BrO5/c14-9-7-12-11(18-4-5-19-12)6-8(9)10(15)2-1-3-13(16)17/h6-7,10,15H,1-5H2,(H,16,17). The van der Waals surface area contributed by atoms with Crippen LogP contribution in [0.3, 0.4) is 0 Å². The zero-order chi connectivity index (χ0) is 13.8. The van der Waals surface area contributed by atoms with Crippen LogP contribution in [-0.4, -0.2) is 29.4 Å². The topological polar surface area (TPSA) is 76.0 Å². The van der Waals surface area contributed by atoms with Gasteiger partial charge < -0.3 is 19.7 Å². The summed E-state index contributed by atoms with van der Waals surface area (Å²) in [5.74, 6) is 0.412. The number of benzene rings is 1. The van der Waals surface area contributed by atoms with Crippen molar-refractivity contribution in [2.45, 2.75) is 25.4 Å². The van der Waals surface area contributed by atoms with E-state index in [4.69, 9.17) is 14.6 Å². The zero-order valence-corrected chi connectivity index (χ0v) is 11.9. The number of carboxylic acid groups (broad SMARTS) is 1. The second-order valence-corrected chi connectivity index (χ2v) is 5.17. The van der Waals surface area contributed by atoms with Crippen LogP contribution >= 0.6 is 15.9 Å². The van der Waals surface area contributed by atoms with Gasteiger partial charge in [0.25, 0.3) is 0 Å². The van der Waals surface area contributed by atoms with Crippen molar-refractivity contribution in [3.05, 3.63) is 22.2 Å². The fraction of sp³-hybridized carbons (Fsp3) is 0.462. The summed E-state index contributed by atoms with van der Waals surface area (Å²) in [6, 6.07) is 3.51. The van der Waals surface area contributed by atoms with Crippen LogP contribution < -0.4 is 9.47 Å². The summed E-state index contributed by atoms with van der Waals surface area (Å²) in [6.07, 6.45) is 0.158. The molecule has 0 saturated carbocycles. The first-order valence-corrected chi connectivity index (χ1v) is 6.86. The Kier molecular flexibility index (Phi) is 4.66. The predicted molar refractivity (Wildman–Crippen MR) is 71.6 cm³/mol. The highest BCUT2D eigenvalue weighted by atomic mass is 79.9. The van der Waals surface area contributed by atoms with Crippen LogP contribution in [0.15, 0.2) is 16.6 Å². The van der Waals surface area contributed by atoms with Crippen molar-refractivity contribution in [2.75, 3.05) is 13.2 Å². The first-order valence-electron chi connectivity index (χ1n) is 6.07. The minimum atomic E-state index is -0.853. The van der Waals surface area contributed by atoms with Gasteiger partial charge in [-0.2, -0.15) is 0 Å². The van der Waals surface area contributed by atoms with Crippen molar-refractivity contribution in [3.63, 3.8) is 0 Å². The van der Waals surface area contributed by atoms with Gasteiger partial charge in [-0.15, -0.1) is 0 Å². The molecular weight excluding hydrogens is 316 g/mol. The van der Waals surface area contributed by atoms with Gasteiger partial charge in [-0.25, -0.2) is 0 Å². The molecule has 1 aromatic rings. The minimum absolute atomic E-state index is 0.0548. The Morgan fingerprint density at radius 2 is 1.95 bits per heavy atom. The first kappa shape index (κ1) is 14.1. The number of ether oxygens (including phenoxy) is 2. The van der Waals surface area contributed by atoms with Gasteiger partial charge in [0.15, 0.2) is 11.5 Å². The summed E-state index contributed by atoms with van der Waals surface area (Å²) in [4.78, 5) is 10.4. The molecule has 0 bridgehead atoms. The van der Waals surface area contributed by atoms with E-state index in [0.717, 1.165) is 4.47 Å². The normalized spacial score (nSPS) is 15.1. The van der Waals surface area contributed by atoms with E-state index in [2.05, 4.69) is 15.9 Å². The van der Waals surface area contributed by atoms with Crippen molar-refractivity contribution >= 4 is 21.9 Å². The molecule has 19 heavy (non-hydrogen) atoms. The van der Waals surface area contributed by atoms with E-state index >= 15 is 0 Å². The molecule has 1 aliphatic rings. The molecule has 0 aromatic heterocycles. The zero-order valence-electron chi connectivity index (χ0n) is 10.3. The van der Waals surface area contributed by atoms with Crippen molar-refractivity contribution in [3.8, 4) is 11.5 Å². The van der Waals surface area contributed by atoms with Crippen molar-refractivity contribution in [1.82, 2.24) is 0 Å². The van der Waals surface area contributed by atoms with Gasteiger partial charge in [0, 0.05) is 10.9 Å². The fourth-order valence-electron chi connectivity index (χ4n) is 1.94. The average Bonchev–Trinajstić information content (AvgIpc) is 2.37. The number of aliphatic carboxylic acids is 1. The molecule has 5 nitrogen and oxygen atoms in total. The lowest BCUT2D eigenvalue weighted by atomic mass is 10.0. The molecule has 1 aliphatic heterocycles. The summed E-state index contributed by atoms with van der Waals surface area (Å²) in [6.45, 7) is 1.00. The van der Waals surface area contributed by atoms with E-state index in [1.165, 1.54) is 0 Å². The van der Waals surface area contributed by atoms with Crippen LogP contribution in [0.1, 0.15) is 30.9 Å². The third-order valence-electron chi connectivity index (χ3n) is 2.89. The molecule has 1 aromatic carbocycles. The second kappa shape index (κ2) is 6.25. The number of carboxylic acids is 1. The van der Waals surface area contributed by atoms with Crippen LogP contribution in [-0.2, 0) is 4.79 Å². The van der Waals surface area contributed by atoms with E-state index < -0.39 is 12.1 Å². The molecule has 0 spiro atoms. The van der Waals surface area contributed by atoms with E-state index in [1.807, 2.05) is 0 Å². The number of rotatable bonds is 5. The van der Waals surface area contributed by atoms with Crippen LogP contribution in [0.25, 0.3) is 0 Å². The third kappa shape index (κ3) is 3.61. The number of halogens is 1. The Morgan fingerprint density at radius 1 is 1.32 bits per heavy atom. The molecule has 6 heteroatoms. The number of carbonyl (C=O) groups is 1. The molecule has 2 N–H and O–H groups in total. The number of fused-ring (bicyclic) bond motifs is 1. The van der Waals surface area contributed by atoms with Gasteiger partial charge >= 0.3 is 5.97 Å². The lowest BCUT2D eigenvalue weighted by Crippen LogP contribution is -2.16. The van der Waals surface area contributed by atoms with Crippen molar-refractivity contribution < 1.29 is 24.5 Å². The maximum atomic E-state index is 10.4. The second-order valence-electron chi connectivity index (χ2n) is 4.32. The Hall–Kier alpha value is -1.27. The molecule has 1 unspecified atom stereocenters. The fourth-order valence-corrected chi connectivity index (χ4v) is 2.52. The highest BCUT2D eigenvalue weighted by molar-refractivity contribution is 9.10. The largest absolute Gasteiger partial charge is 0.486 e. The maximum Gasteiger partial charge on any atom is 0.303 e. The van der Waals surface area contributed by atoms with Crippen LogP contribution in [0.4, 0.5) is 0 Å². The number of aliphatic hydroxyl groups excluding tert-OH is 1. The molecule has 104 valence electrons. The smallest absolute Gasteiger partial charge is 0.303 e. The highest BCUT2D eigenvalue weighted by Gasteiger charge is 2.19. The molecule has 1 atom stereocenters. The van der Waals surface area contributed by atoms with E-state index in [1.54, 1.807) is 12.1 Å². The summed E-state index contributed by atoms with van der Waals surface area (Å²) in [7, 11) is 0. The summed E-state index contributed by atoms with van der Waals surface area (Å²) < 4.78 is 11.6. The van der Waals surface area contributed by atoms with E-state index in [9.17, 15) is 9.90 Å². The third-order valence-corrected chi connectivity index (χ3v) is 3.58. The lowest BCUT2D eigenvalue weighted by Gasteiger charge is -2.21. The summed E-state index contributed by atoms with van der Waals surface area (Å²) in [5.41, 5.74) is 0.689. The molecule has 0 aliphatic carbocycles. The number of aliphatic hydroxyl groups is 1. The SMILES string of the molecule is O=C(O)CCCC(O)c1cc2c(cc1Br)OCCO2. The number of hydrogen-bond donors (Lipinski definition) is 2. The molecule has 0 saturated heterocycles. The summed E-state index contributed by atoms with van der Waals surface area (Å²) >= 11 is 3.38. The van der Waals surface area contributed by atoms with Crippen LogP contribution in [0.2, 0.25) is 0 Å². The lowest BCUT2D eigenvalue weighted by molar-refractivity contribution is -0.137. The van der Waals surface area contributed by atoms with Crippen molar-refractivity contribution in [2.24, 2.45) is 0 Å². The predicted octanol–water partition coefficient (Wildman–Crippen LogP) is 2.51. The van der Waals surface area contributed by atoms with Crippen LogP contribution in [0, 0.1) is 0 Å². The first-order chi connectivity index (χ1) is 9.08. The van der Waals surface area contributed by atoms with Crippen molar-refractivity contribution in [1.29, 1.82) is 0 Å². The van der Waals surface area contributed by atoms with Gasteiger partial charge in [0.2, 0.25) is 0 Å². The molecule has 2 rings (SSSR count). The monoisotopic (exact) mass is 330 g/mol. The Bertz CT molecular complexity index is 474. The van der Waals surface area contributed by atoms with Gasteiger partial charge in [-0.3, -0.25) is 4.79 Å². The Balaban J connectivity index is 2.08. The molecule has 0 radical (unpaired) electrons. The Morgan fingerprint density at radius 3 is 2.58 bits per heavy atom. The molecule has 0 amide bonds. The number of hydrogen-bond acceptors (Lipinski definition) is 4. The molecule has 1 heterocycles. The van der Waals surface area contributed by atoms with Gasteiger partial charge in [0.05, 0.1) is 6.10 Å². The van der Waals surface area contributed by atoms with E-state index in [-0.39, 0.29) is 6.42 Å². The molecular formula is C13H15BrO5. The molecule has 0 fully saturated rings. The Labute approximate surface area is 119 Å². The highest BCUT2D eigenvalue weighted by Crippen LogP contribution is 2.38. The van der Waals surface area contributed by atoms with Crippen LogP contribution in [0.5, 0.6) is 11.5 Å². The minimum Gasteiger partial charge on any atom is -0.486 e. The maximum absolute atomic E-state index is 10.4. The van der Waals surface area contributed by atoms with E-state index in [0.29, 0.717) is 43.1 Å². The van der Waals surface area contributed by atoms with Gasteiger partial charge in [-0.1, -0.05) is 15.9 Å². The van der Waals surface area contributed by atoms with Gasteiger partial charge in [0.1, 0.15) is 13.2 Å². The average molecular weight is 331 g/mol. The quantitative estimate of drug-likeness (QED) is 0.867. The van der Waals surface area contributed by atoms with Gasteiger partial charge in [-0.05, 0) is 30.5 Å². The summed E-state index contributed by atoms with van der Waals surface area (Å²) in [5, 5.41) is 18.7.